The highest BCUT2D eigenvalue weighted by Gasteiger charge is 2.30. The van der Waals surface area contributed by atoms with Gasteiger partial charge in [0.15, 0.2) is 0 Å². The third kappa shape index (κ3) is 3.20. The molecule has 3 N–H and O–H groups in total. The second kappa shape index (κ2) is 5.52. The number of phenolic OH excluding ortho intramolecular Hbond substituents is 1. The summed E-state index contributed by atoms with van der Waals surface area (Å²) in [6, 6.07) is 7.27. The van der Waals surface area contributed by atoms with Gasteiger partial charge in [-0.3, -0.25) is 0 Å². The summed E-state index contributed by atoms with van der Waals surface area (Å²) in [6.45, 7) is 0.904. The minimum absolute atomic E-state index is 0.107. The van der Waals surface area contributed by atoms with Crippen LogP contribution in [0.1, 0.15) is 37.7 Å². The maximum atomic E-state index is 9.56. The van der Waals surface area contributed by atoms with E-state index >= 15 is 0 Å². The third-order valence-corrected chi connectivity index (χ3v) is 3.69. The fraction of sp³-hybridized carbons (Fsp3) is 0.571. The fourth-order valence-electron chi connectivity index (χ4n) is 2.58. The number of hydrogen-bond acceptors (Lipinski definition) is 3. The monoisotopic (exact) mass is 235 g/mol. The molecule has 94 valence electrons. The Bertz CT molecular complexity index is 359. The van der Waals surface area contributed by atoms with Crippen LogP contribution in [0.2, 0.25) is 0 Å². The highest BCUT2D eigenvalue weighted by molar-refractivity contribution is 5.27. The summed E-state index contributed by atoms with van der Waals surface area (Å²) in [5.74, 6) is 0.297. The molecule has 2 rings (SSSR count). The van der Waals surface area contributed by atoms with E-state index in [2.05, 4.69) is 5.32 Å². The summed E-state index contributed by atoms with van der Waals surface area (Å²) in [5, 5.41) is 22.4. The average Bonchev–Trinajstić information content (AvgIpc) is 2.38. The molecule has 0 atom stereocenters. The molecule has 17 heavy (non-hydrogen) atoms. The van der Waals surface area contributed by atoms with E-state index in [1.54, 1.807) is 12.1 Å². The molecule has 1 aromatic carbocycles. The molecule has 0 heterocycles. The van der Waals surface area contributed by atoms with Gasteiger partial charge in [0.25, 0.3) is 0 Å². The van der Waals surface area contributed by atoms with Crippen molar-refractivity contribution >= 4 is 0 Å². The van der Waals surface area contributed by atoms with Gasteiger partial charge < -0.3 is 15.5 Å². The van der Waals surface area contributed by atoms with Crippen LogP contribution in [0.4, 0.5) is 0 Å². The Balaban J connectivity index is 1.95. The van der Waals surface area contributed by atoms with Crippen LogP contribution in [-0.2, 0) is 6.54 Å². The van der Waals surface area contributed by atoms with Gasteiger partial charge in [0.1, 0.15) is 5.75 Å². The zero-order chi connectivity index (χ0) is 12.1. The molecular formula is C14H21NO2. The van der Waals surface area contributed by atoms with Crippen molar-refractivity contribution in [2.24, 2.45) is 0 Å². The molecule has 0 radical (unpaired) electrons. The van der Waals surface area contributed by atoms with Gasteiger partial charge in [0, 0.05) is 12.1 Å². The maximum Gasteiger partial charge on any atom is 0.115 e. The van der Waals surface area contributed by atoms with E-state index in [-0.39, 0.29) is 12.1 Å². The van der Waals surface area contributed by atoms with E-state index in [4.69, 9.17) is 0 Å². The lowest BCUT2D eigenvalue weighted by atomic mass is 9.82. The first-order chi connectivity index (χ1) is 8.24. The maximum absolute atomic E-state index is 9.56. The molecule has 1 fully saturated rings. The largest absolute Gasteiger partial charge is 0.508 e. The number of aromatic hydroxyl groups is 1. The van der Waals surface area contributed by atoms with Crippen molar-refractivity contribution in [2.45, 2.75) is 44.2 Å². The molecule has 0 amide bonds. The zero-order valence-corrected chi connectivity index (χ0v) is 10.2. The molecule has 1 saturated carbocycles. The molecular weight excluding hydrogens is 214 g/mol. The summed E-state index contributed by atoms with van der Waals surface area (Å²) < 4.78 is 0. The first-order valence-corrected chi connectivity index (χ1v) is 6.38. The molecule has 3 nitrogen and oxygen atoms in total. The predicted molar refractivity (Wildman–Crippen MR) is 67.8 cm³/mol. The molecule has 0 aliphatic heterocycles. The Hall–Kier alpha value is -1.06. The quantitative estimate of drug-likeness (QED) is 0.749. The number of benzene rings is 1. The van der Waals surface area contributed by atoms with E-state index in [1.165, 1.54) is 19.3 Å². The number of phenols is 1. The van der Waals surface area contributed by atoms with E-state index in [1.807, 2.05) is 12.1 Å². The van der Waals surface area contributed by atoms with Gasteiger partial charge in [-0.1, -0.05) is 31.4 Å². The van der Waals surface area contributed by atoms with Crippen LogP contribution in [0.5, 0.6) is 5.75 Å². The van der Waals surface area contributed by atoms with Crippen molar-refractivity contribution in [2.75, 3.05) is 6.61 Å². The smallest absolute Gasteiger partial charge is 0.115 e. The zero-order valence-electron chi connectivity index (χ0n) is 10.2. The lowest BCUT2D eigenvalue weighted by molar-refractivity contribution is 0.119. The van der Waals surface area contributed by atoms with Crippen LogP contribution in [0, 0.1) is 0 Å². The SMILES string of the molecule is OCC1(NCc2cccc(O)c2)CCCCC1. The number of rotatable bonds is 4. The summed E-state index contributed by atoms with van der Waals surface area (Å²) in [4.78, 5) is 0. The summed E-state index contributed by atoms with van der Waals surface area (Å²) >= 11 is 0. The molecule has 1 aliphatic rings. The van der Waals surface area contributed by atoms with Crippen LogP contribution < -0.4 is 5.32 Å². The van der Waals surface area contributed by atoms with Crippen molar-refractivity contribution in [3.8, 4) is 5.75 Å². The van der Waals surface area contributed by atoms with Crippen LogP contribution in [0.25, 0.3) is 0 Å². The second-order valence-corrected chi connectivity index (χ2v) is 5.02. The second-order valence-electron chi connectivity index (χ2n) is 5.02. The van der Waals surface area contributed by atoms with Gasteiger partial charge in [-0.15, -0.1) is 0 Å². The van der Waals surface area contributed by atoms with E-state index in [0.29, 0.717) is 12.3 Å². The number of aliphatic hydroxyl groups is 1. The fourth-order valence-corrected chi connectivity index (χ4v) is 2.58. The van der Waals surface area contributed by atoms with Crippen molar-refractivity contribution in [3.63, 3.8) is 0 Å². The molecule has 0 bridgehead atoms. The molecule has 0 spiro atoms. The summed E-state index contributed by atoms with van der Waals surface area (Å²) in [5.41, 5.74) is 0.951. The highest BCUT2D eigenvalue weighted by Crippen LogP contribution is 2.28. The highest BCUT2D eigenvalue weighted by atomic mass is 16.3. The molecule has 3 heteroatoms. The normalized spacial score (nSPS) is 19.1. The van der Waals surface area contributed by atoms with Gasteiger partial charge in [-0.25, -0.2) is 0 Å². The van der Waals surface area contributed by atoms with Crippen molar-refractivity contribution < 1.29 is 10.2 Å². The Morgan fingerprint density at radius 2 is 1.94 bits per heavy atom. The Labute approximate surface area is 102 Å². The Morgan fingerprint density at radius 1 is 1.18 bits per heavy atom. The van der Waals surface area contributed by atoms with E-state index in [0.717, 1.165) is 18.4 Å². The molecule has 0 aromatic heterocycles. The van der Waals surface area contributed by atoms with E-state index < -0.39 is 0 Å². The number of hydrogen-bond donors (Lipinski definition) is 3. The van der Waals surface area contributed by atoms with Gasteiger partial charge in [-0.2, -0.15) is 0 Å². The molecule has 1 aromatic rings. The first-order valence-electron chi connectivity index (χ1n) is 6.38. The lowest BCUT2D eigenvalue weighted by Gasteiger charge is -2.36. The van der Waals surface area contributed by atoms with Gasteiger partial charge in [0.05, 0.1) is 6.61 Å². The summed E-state index contributed by atoms with van der Waals surface area (Å²) in [6.07, 6.45) is 5.74. The minimum atomic E-state index is -0.107. The van der Waals surface area contributed by atoms with Gasteiger partial charge in [0.2, 0.25) is 0 Å². The number of nitrogens with one attached hydrogen (secondary N) is 1. The minimum Gasteiger partial charge on any atom is -0.508 e. The summed E-state index contributed by atoms with van der Waals surface area (Å²) in [7, 11) is 0. The van der Waals surface area contributed by atoms with Crippen molar-refractivity contribution in [1.82, 2.24) is 5.32 Å². The van der Waals surface area contributed by atoms with Crippen molar-refractivity contribution in [1.29, 1.82) is 0 Å². The third-order valence-electron chi connectivity index (χ3n) is 3.69. The van der Waals surface area contributed by atoms with Gasteiger partial charge >= 0.3 is 0 Å². The van der Waals surface area contributed by atoms with Gasteiger partial charge in [-0.05, 0) is 30.5 Å². The van der Waals surface area contributed by atoms with Crippen LogP contribution in [-0.4, -0.2) is 22.4 Å². The lowest BCUT2D eigenvalue weighted by Crippen LogP contribution is -2.49. The van der Waals surface area contributed by atoms with Crippen LogP contribution >= 0.6 is 0 Å². The Morgan fingerprint density at radius 3 is 2.59 bits per heavy atom. The van der Waals surface area contributed by atoms with Crippen LogP contribution in [0.15, 0.2) is 24.3 Å². The first kappa shape index (κ1) is 12.4. The standard InChI is InChI=1S/C14H21NO2/c16-11-14(7-2-1-3-8-14)15-10-12-5-4-6-13(17)9-12/h4-6,9,15-17H,1-3,7-8,10-11H2. The average molecular weight is 235 g/mol. The van der Waals surface area contributed by atoms with Crippen molar-refractivity contribution in [3.05, 3.63) is 29.8 Å². The topological polar surface area (TPSA) is 52.5 Å². The van der Waals surface area contributed by atoms with Crippen LogP contribution in [0.3, 0.4) is 0 Å². The van der Waals surface area contributed by atoms with E-state index in [9.17, 15) is 10.2 Å². The Kier molecular flexibility index (Phi) is 4.02. The predicted octanol–water partition coefficient (Wildman–Crippen LogP) is 2.18. The number of aliphatic hydroxyl groups excluding tert-OH is 1. The molecule has 0 saturated heterocycles. The molecule has 0 unspecified atom stereocenters. The molecule has 1 aliphatic carbocycles.